The van der Waals surface area contributed by atoms with Crippen molar-refractivity contribution in [2.45, 2.75) is 13.8 Å². The Kier molecular flexibility index (Phi) is 5.19. The van der Waals surface area contributed by atoms with E-state index in [9.17, 15) is 9.59 Å². The van der Waals surface area contributed by atoms with Crippen molar-refractivity contribution in [3.8, 4) is 0 Å². The van der Waals surface area contributed by atoms with Crippen LogP contribution in [0, 0.1) is 6.92 Å². The van der Waals surface area contributed by atoms with Crippen LogP contribution in [0.25, 0.3) is 10.9 Å². The first-order valence-corrected chi connectivity index (χ1v) is 8.51. The topological polar surface area (TPSA) is 62.3 Å². The predicted octanol–water partition coefficient (Wildman–Crippen LogP) is 4.19. The van der Waals surface area contributed by atoms with Gasteiger partial charge >= 0.3 is 0 Å². The van der Waals surface area contributed by atoms with Gasteiger partial charge in [0.2, 0.25) is 11.8 Å². The van der Waals surface area contributed by atoms with Gasteiger partial charge in [0.15, 0.2) is 0 Å². The fourth-order valence-electron chi connectivity index (χ4n) is 2.73. The maximum absolute atomic E-state index is 12.5. The summed E-state index contributed by atoms with van der Waals surface area (Å²) in [5, 5.41) is 4.26. The van der Waals surface area contributed by atoms with E-state index < -0.39 is 0 Å². The summed E-state index contributed by atoms with van der Waals surface area (Å²) in [4.78, 5) is 30.5. The van der Waals surface area contributed by atoms with E-state index in [1.807, 2.05) is 37.3 Å². The molecule has 0 aliphatic heterocycles. The highest BCUT2D eigenvalue weighted by Gasteiger charge is 2.19. The van der Waals surface area contributed by atoms with Crippen molar-refractivity contribution in [3.63, 3.8) is 0 Å². The summed E-state index contributed by atoms with van der Waals surface area (Å²) < 4.78 is 0. The van der Waals surface area contributed by atoms with Gasteiger partial charge in [0.1, 0.15) is 6.54 Å². The Balaban J connectivity index is 1.88. The van der Waals surface area contributed by atoms with E-state index in [-0.39, 0.29) is 18.4 Å². The molecule has 26 heavy (non-hydrogen) atoms. The summed E-state index contributed by atoms with van der Waals surface area (Å²) in [6, 6.07) is 14.6. The number of fused-ring (bicyclic) bond motifs is 1. The third kappa shape index (κ3) is 3.83. The number of hydrogen-bond donors (Lipinski definition) is 1. The molecule has 0 atom stereocenters. The number of carbonyl (C=O) groups excluding carboxylic acids is 2. The molecule has 0 spiro atoms. The SMILES string of the molecule is CC(=O)N(CC(=O)Nc1cc(Cl)ccc1C)c1cccc2cccnc12. The van der Waals surface area contributed by atoms with Crippen LogP contribution in [0.5, 0.6) is 0 Å². The Hall–Kier alpha value is -2.92. The standard InChI is InChI=1S/C20H18ClN3O2/c1-13-8-9-16(21)11-17(13)23-19(26)12-24(14(2)25)18-7-3-5-15-6-4-10-22-20(15)18/h3-11H,12H2,1-2H3,(H,23,26). The average Bonchev–Trinajstić information content (AvgIpc) is 2.62. The van der Waals surface area contributed by atoms with Crippen molar-refractivity contribution in [2.24, 2.45) is 0 Å². The Morgan fingerprint density at radius 1 is 1.15 bits per heavy atom. The quantitative estimate of drug-likeness (QED) is 0.752. The molecule has 1 aromatic heterocycles. The minimum absolute atomic E-state index is 0.114. The van der Waals surface area contributed by atoms with Gasteiger partial charge in [-0.25, -0.2) is 0 Å². The van der Waals surface area contributed by atoms with Crippen LogP contribution < -0.4 is 10.2 Å². The lowest BCUT2D eigenvalue weighted by Gasteiger charge is -2.22. The average molecular weight is 368 g/mol. The molecule has 0 aliphatic rings. The van der Waals surface area contributed by atoms with Crippen LogP contribution in [0.4, 0.5) is 11.4 Å². The summed E-state index contributed by atoms with van der Waals surface area (Å²) >= 11 is 5.99. The number of pyridine rings is 1. The van der Waals surface area contributed by atoms with Crippen LogP contribution in [0.2, 0.25) is 5.02 Å². The lowest BCUT2D eigenvalue weighted by molar-refractivity contribution is -0.120. The molecule has 1 heterocycles. The summed E-state index contributed by atoms with van der Waals surface area (Å²) in [6.45, 7) is 3.19. The smallest absolute Gasteiger partial charge is 0.244 e. The molecule has 0 radical (unpaired) electrons. The second-order valence-corrected chi connectivity index (χ2v) is 6.40. The number of anilines is 2. The third-order valence-corrected chi connectivity index (χ3v) is 4.29. The molecule has 2 aromatic carbocycles. The lowest BCUT2D eigenvalue weighted by atomic mass is 10.1. The van der Waals surface area contributed by atoms with Crippen LogP contribution in [0.3, 0.4) is 0 Å². The maximum Gasteiger partial charge on any atom is 0.244 e. The Morgan fingerprint density at radius 3 is 2.69 bits per heavy atom. The van der Waals surface area contributed by atoms with Crippen molar-refractivity contribution in [1.29, 1.82) is 0 Å². The molecule has 0 saturated carbocycles. The monoisotopic (exact) mass is 367 g/mol. The molecule has 0 aliphatic carbocycles. The Bertz CT molecular complexity index is 982. The van der Waals surface area contributed by atoms with Crippen LogP contribution in [-0.2, 0) is 9.59 Å². The number of halogens is 1. The van der Waals surface area contributed by atoms with Gasteiger partial charge in [-0.2, -0.15) is 0 Å². The molecule has 3 rings (SSSR count). The molecule has 3 aromatic rings. The van der Waals surface area contributed by atoms with Crippen LogP contribution in [-0.4, -0.2) is 23.3 Å². The highest BCUT2D eigenvalue weighted by atomic mass is 35.5. The zero-order chi connectivity index (χ0) is 18.7. The normalized spacial score (nSPS) is 10.6. The van der Waals surface area contributed by atoms with Gasteiger partial charge in [-0.05, 0) is 36.8 Å². The number of para-hydroxylation sites is 1. The molecule has 0 fully saturated rings. The van der Waals surface area contributed by atoms with Crippen molar-refractivity contribution in [1.82, 2.24) is 4.98 Å². The number of nitrogens with one attached hydrogen (secondary N) is 1. The van der Waals surface area contributed by atoms with E-state index >= 15 is 0 Å². The van der Waals surface area contributed by atoms with Gasteiger partial charge in [0.05, 0.1) is 11.2 Å². The summed E-state index contributed by atoms with van der Waals surface area (Å²) in [6.07, 6.45) is 1.67. The molecular formula is C20H18ClN3O2. The molecule has 5 nitrogen and oxygen atoms in total. The number of amides is 2. The van der Waals surface area contributed by atoms with Crippen LogP contribution >= 0.6 is 11.6 Å². The molecular weight excluding hydrogens is 350 g/mol. The van der Waals surface area contributed by atoms with E-state index in [4.69, 9.17) is 11.6 Å². The van der Waals surface area contributed by atoms with E-state index in [2.05, 4.69) is 10.3 Å². The van der Waals surface area contributed by atoms with E-state index in [1.54, 1.807) is 24.4 Å². The van der Waals surface area contributed by atoms with Gasteiger partial charge in [-0.15, -0.1) is 0 Å². The van der Waals surface area contributed by atoms with Crippen molar-refractivity contribution in [2.75, 3.05) is 16.8 Å². The predicted molar refractivity (Wildman–Crippen MR) is 105 cm³/mol. The fourth-order valence-corrected chi connectivity index (χ4v) is 2.91. The number of benzene rings is 2. The maximum atomic E-state index is 12.5. The first-order valence-electron chi connectivity index (χ1n) is 8.13. The summed E-state index contributed by atoms with van der Waals surface area (Å²) in [5.74, 6) is -0.542. The molecule has 0 saturated heterocycles. The fraction of sp³-hybridized carbons (Fsp3) is 0.150. The minimum Gasteiger partial charge on any atom is -0.324 e. The summed E-state index contributed by atoms with van der Waals surface area (Å²) in [7, 11) is 0. The van der Waals surface area contributed by atoms with Gasteiger partial charge in [-0.3, -0.25) is 14.6 Å². The zero-order valence-electron chi connectivity index (χ0n) is 14.5. The van der Waals surface area contributed by atoms with Gasteiger partial charge in [-0.1, -0.05) is 35.9 Å². The van der Waals surface area contributed by atoms with Crippen molar-refractivity contribution < 1.29 is 9.59 Å². The third-order valence-electron chi connectivity index (χ3n) is 4.06. The Morgan fingerprint density at radius 2 is 1.92 bits per heavy atom. The first-order chi connectivity index (χ1) is 12.5. The van der Waals surface area contributed by atoms with E-state index in [0.717, 1.165) is 10.9 Å². The van der Waals surface area contributed by atoms with Gasteiger partial charge in [0.25, 0.3) is 0 Å². The number of aromatic nitrogens is 1. The highest BCUT2D eigenvalue weighted by Crippen LogP contribution is 2.25. The van der Waals surface area contributed by atoms with Gasteiger partial charge in [0, 0.05) is 29.2 Å². The molecule has 6 heteroatoms. The highest BCUT2D eigenvalue weighted by molar-refractivity contribution is 6.31. The largest absolute Gasteiger partial charge is 0.324 e. The summed E-state index contributed by atoms with van der Waals surface area (Å²) in [5.41, 5.74) is 2.80. The van der Waals surface area contributed by atoms with Crippen LogP contribution in [0.1, 0.15) is 12.5 Å². The molecule has 0 unspecified atom stereocenters. The van der Waals surface area contributed by atoms with E-state index in [1.165, 1.54) is 11.8 Å². The number of carbonyl (C=O) groups is 2. The lowest BCUT2D eigenvalue weighted by Crippen LogP contribution is -2.37. The number of nitrogens with zero attached hydrogens (tertiary/aromatic N) is 2. The zero-order valence-corrected chi connectivity index (χ0v) is 15.2. The van der Waals surface area contributed by atoms with Gasteiger partial charge < -0.3 is 10.2 Å². The second-order valence-electron chi connectivity index (χ2n) is 5.96. The molecule has 0 bridgehead atoms. The molecule has 1 N–H and O–H groups in total. The Labute approximate surface area is 156 Å². The molecule has 132 valence electrons. The van der Waals surface area contributed by atoms with Crippen molar-refractivity contribution in [3.05, 3.63) is 65.3 Å². The second kappa shape index (κ2) is 7.54. The number of aryl methyl sites for hydroxylation is 1. The number of rotatable bonds is 4. The molecule has 2 amide bonds. The first kappa shape index (κ1) is 17.9. The number of hydrogen-bond acceptors (Lipinski definition) is 3. The minimum atomic E-state index is -0.307. The van der Waals surface area contributed by atoms with Crippen LogP contribution in [0.15, 0.2) is 54.7 Å². The van der Waals surface area contributed by atoms with Crippen molar-refractivity contribution >= 4 is 45.7 Å². The van der Waals surface area contributed by atoms with E-state index in [0.29, 0.717) is 21.9 Å².